The van der Waals surface area contributed by atoms with Gasteiger partial charge in [0, 0.05) is 35.2 Å². The second kappa shape index (κ2) is 11.2. The van der Waals surface area contributed by atoms with Gasteiger partial charge in [-0.2, -0.15) is 0 Å². The van der Waals surface area contributed by atoms with Crippen LogP contribution in [0.15, 0.2) is 63.9 Å². The quantitative estimate of drug-likeness (QED) is 0.157. The van der Waals surface area contributed by atoms with Gasteiger partial charge in [0.1, 0.15) is 17.7 Å². The van der Waals surface area contributed by atoms with Crippen LogP contribution in [-0.2, 0) is 24.8 Å². The Kier molecular flexibility index (Phi) is 6.80. The first-order valence-electron chi connectivity index (χ1n) is 17.1. The summed E-state index contributed by atoms with van der Waals surface area (Å²) in [7, 11) is 1.25. The van der Waals surface area contributed by atoms with Crippen LogP contribution in [0, 0.1) is 17.6 Å². The van der Waals surface area contributed by atoms with Gasteiger partial charge in [0.15, 0.2) is 11.6 Å². The van der Waals surface area contributed by atoms with E-state index < -0.39 is 35.5 Å². The number of fused-ring (bicyclic) bond motifs is 3. The number of amides is 1. The number of carbonyl (C=O) groups is 1. The van der Waals surface area contributed by atoms with Crippen molar-refractivity contribution in [1.29, 1.82) is 0 Å². The molecule has 3 aliphatic heterocycles. The van der Waals surface area contributed by atoms with E-state index in [9.17, 15) is 18.4 Å². The van der Waals surface area contributed by atoms with Gasteiger partial charge in [-0.1, -0.05) is 18.2 Å². The topological polar surface area (TPSA) is 126 Å². The number of hydrogen-bond acceptors (Lipinski definition) is 9. The molecule has 1 spiro atoms. The van der Waals surface area contributed by atoms with Gasteiger partial charge in [0.25, 0.3) is 17.7 Å². The summed E-state index contributed by atoms with van der Waals surface area (Å²) in [5.41, 5.74) is 3.10. The molecule has 15 heteroatoms. The van der Waals surface area contributed by atoms with Gasteiger partial charge in [0.2, 0.25) is 0 Å². The van der Waals surface area contributed by atoms with Crippen LogP contribution < -0.4 is 15.8 Å². The van der Waals surface area contributed by atoms with Crippen molar-refractivity contribution in [3.63, 3.8) is 0 Å². The number of hydrogen-bond donors (Lipinski definition) is 2. The van der Waals surface area contributed by atoms with Gasteiger partial charge in [-0.3, -0.25) is 9.78 Å². The number of benzene rings is 2. The molecule has 1 atom stereocenters. The number of carbonyl (C=O) groups excluding carboxylic acids is 1. The lowest BCUT2D eigenvalue weighted by Gasteiger charge is -2.37. The Morgan fingerprint density at radius 1 is 1.06 bits per heavy atom. The Balaban J connectivity index is 1.15. The molecule has 2 aliphatic carbocycles. The maximum Gasteiger partial charge on any atom is 0.434 e. The minimum Gasteiger partial charge on any atom is -0.493 e. The van der Waals surface area contributed by atoms with Crippen molar-refractivity contribution >= 4 is 33.1 Å². The monoisotopic (exact) mass is 740 g/mol. The zero-order valence-electron chi connectivity index (χ0n) is 27.9. The van der Waals surface area contributed by atoms with Gasteiger partial charge < -0.3 is 19.4 Å². The molecule has 2 bridgehead atoms. The number of aryl methyl sites for hydroxylation is 2. The maximum absolute atomic E-state index is 15.7. The fraction of sp³-hybridized carbons (Fsp3) is 0.289. The molecule has 268 valence electrons. The third-order valence-electron chi connectivity index (χ3n) is 11.2. The molecule has 11 rings (SSSR count). The first-order chi connectivity index (χ1) is 25.5. The van der Waals surface area contributed by atoms with Gasteiger partial charge in [-0.25, -0.2) is 32.4 Å². The summed E-state index contributed by atoms with van der Waals surface area (Å²) in [6.45, 7) is 0.614. The number of nitrogens with one attached hydrogen (secondary N) is 2. The normalized spacial score (nSPS) is 21.8. The zero-order valence-corrected chi connectivity index (χ0v) is 28.8. The van der Waals surface area contributed by atoms with Crippen molar-refractivity contribution in [2.45, 2.75) is 49.6 Å². The highest BCUT2D eigenvalue weighted by Crippen LogP contribution is 2.63. The van der Waals surface area contributed by atoms with Crippen LogP contribution >= 0.6 is 11.3 Å². The van der Waals surface area contributed by atoms with Crippen LogP contribution in [-0.4, -0.2) is 50.5 Å². The molecular formula is C38H28F4N6O4S. The Morgan fingerprint density at radius 3 is 2.62 bits per heavy atom. The Morgan fingerprint density at radius 2 is 1.87 bits per heavy atom. The largest absolute Gasteiger partial charge is 0.493 e. The summed E-state index contributed by atoms with van der Waals surface area (Å²) in [5, 5.41) is 10.1. The number of nitrogens with zero attached hydrogens (tertiary/aromatic N) is 4. The lowest BCUT2D eigenvalue weighted by Crippen LogP contribution is -2.40. The summed E-state index contributed by atoms with van der Waals surface area (Å²) < 4.78 is 70.9. The molecule has 53 heavy (non-hydrogen) atoms. The second-order valence-corrected chi connectivity index (χ2v) is 15.2. The van der Waals surface area contributed by atoms with Crippen LogP contribution in [0.2, 0.25) is 0 Å². The lowest BCUT2D eigenvalue weighted by atomic mass is 9.71. The first-order valence-corrected chi connectivity index (χ1v) is 17.9. The predicted octanol–water partition coefficient (Wildman–Crippen LogP) is 7.19. The third kappa shape index (κ3) is 4.65. The Labute approximate surface area is 301 Å². The van der Waals surface area contributed by atoms with E-state index in [1.54, 1.807) is 18.2 Å². The number of aromatic nitrogens is 4. The van der Waals surface area contributed by atoms with Crippen LogP contribution in [0.1, 0.15) is 57.3 Å². The van der Waals surface area contributed by atoms with Crippen molar-refractivity contribution in [3.8, 4) is 27.6 Å². The first kappa shape index (κ1) is 32.1. The molecule has 1 saturated carbocycles. The van der Waals surface area contributed by atoms with Crippen LogP contribution in [0.25, 0.3) is 32.0 Å². The lowest BCUT2D eigenvalue weighted by molar-refractivity contribution is -0.00736. The summed E-state index contributed by atoms with van der Waals surface area (Å²) >= 11 is 1.25. The van der Waals surface area contributed by atoms with E-state index in [4.69, 9.17) is 14.1 Å². The minimum atomic E-state index is -3.29. The molecule has 4 aromatic heterocycles. The smallest absolute Gasteiger partial charge is 0.434 e. The van der Waals surface area contributed by atoms with Gasteiger partial charge in [-0.05, 0) is 78.4 Å². The molecule has 2 aromatic carbocycles. The van der Waals surface area contributed by atoms with E-state index in [0.29, 0.717) is 68.3 Å². The molecule has 0 radical (unpaired) electrons. The van der Waals surface area contributed by atoms with E-state index in [2.05, 4.69) is 20.5 Å². The number of thiophene rings is 1. The van der Waals surface area contributed by atoms with E-state index in [1.807, 2.05) is 11.0 Å². The molecule has 2 saturated heterocycles. The number of alkyl halides is 2. The Bertz CT molecular complexity index is 2580. The summed E-state index contributed by atoms with van der Waals surface area (Å²) in [4.78, 5) is 38.9. The molecule has 1 amide bonds. The highest BCUT2D eigenvalue weighted by molar-refractivity contribution is 7.23. The number of halogens is 4. The predicted molar refractivity (Wildman–Crippen MR) is 186 cm³/mol. The summed E-state index contributed by atoms with van der Waals surface area (Å²) in [5.74, 6) is -5.01. The average Bonchev–Trinajstić information content (AvgIpc) is 3.96. The molecule has 3 fully saturated rings. The fourth-order valence-corrected chi connectivity index (χ4v) is 10.0. The van der Waals surface area contributed by atoms with Crippen molar-refractivity contribution in [2.24, 2.45) is 5.92 Å². The van der Waals surface area contributed by atoms with Gasteiger partial charge in [-0.15, -0.1) is 16.4 Å². The van der Waals surface area contributed by atoms with Crippen LogP contribution in [0.4, 0.5) is 23.4 Å². The zero-order chi connectivity index (χ0) is 36.4. The van der Waals surface area contributed by atoms with Crippen molar-refractivity contribution < 1.29 is 31.5 Å². The van der Waals surface area contributed by atoms with Crippen molar-refractivity contribution in [3.05, 3.63) is 111 Å². The van der Waals surface area contributed by atoms with E-state index in [-0.39, 0.29) is 40.3 Å². The molecule has 10 nitrogen and oxygen atoms in total. The van der Waals surface area contributed by atoms with Crippen LogP contribution in [0.3, 0.4) is 0 Å². The maximum atomic E-state index is 15.7. The van der Waals surface area contributed by atoms with Crippen molar-refractivity contribution in [1.82, 2.24) is 25.1 Å². The fourth-order valence-electron chi connectivity index (χ4n) is 8.86. The number of ether oxygens (including phenoxy) is 1. The standard InChI is InChI=1S/C38H28F4N6O4S/c1-51-29-22-15-38(41,42)31(21(22)7-8-23(29)40)45-33-30-19(10-11-43-33)12-25(53-30)27-26(34-46-47-36(50)52-34)24(9-4-17-2-5-20(39)6-3-17)44-32-28(27)35(49)48-16-18-13-37(32,48)14-18/h2-3,5-8,10-12,18,31H,4,9,13-16H2,1H3,(H,43,45)(H,47,50). The highest BCUT2D eigenvalue weighted by Gasteiger charge is 2.65. The van der Waals surface area contributed by atoms with Gasteiger partial charge >= 0.3 is 5.76 Å². The number of aromatic amines is 1. The molecule has 7 heterocycles. The highest BCUT2D eigenvalue weighted by atomic mass is 32.1. The minimum absolute atomic E-state index is 0.0458. The number of pyridine rings is 2. The van der Waals surface area contributed by atoms with E-state index in [1.165, 1.54) is 42.8 Å². The Hall–Kier alpha value is -5.57. The van der Waals surface area contributed by atoms with Gasteiger partial charge in [0.05, 0.1) is 39.9 Å². The number of anilines is 1. The number of methoxy groups -OCH3 is 1. The summed E-state index contributed by atoms with van der Waals surface area (Å²) in [6, 6.07) is 10.7. The van der Waals surface area contributed by atoms with Crippen molar-refractivity contribution in [2.75, 3.05) is 19.0 Å². The molecule has 2 N–H and O–H groups in total. The SMILES string of the molecule is COc1c(F)ccc2c1CC(F)(F)C2Nc1nccc2cc(-c3c4c(nc(CCc5ccc(F)cc5)c3-c3n[nH]c(=O)o3)C35CC(CN3C4=O)C5)sc12. The third-order valence-corrected chi connectivity index (χ3v) is 12.3. The van der Waals surface area contributed by atoms with E-state index in [0.717, 1.165) is 24.5 Å². The number of H-pyrrole nitrogens is 1. The second-order valence-electron chi connectivity index (χ2n) is 14.2. The number of rotatable bonds is 8. The molecule has 6 aromatic rings. The van der Waals surface area contributed by atoms with E-state index >= 15 is 8.78 Å². The summed E-state index contributed by atoms with van der Waals surface area (Å²) in [6.07, 6.45) is 3.20. The molecule has 1 unspecified atom stereocenters. The van der Waals surface area contributed by atoms with Crippen LogP contribution in [0.5, 0.6) is 5.75 Å². The molecule has 5 aliphatic rings. The average molecular weight is 741 g/mol. The molecular weight excluding hydrogens is 713 g/mol.